The number of nitrogens with zero attached hydrogens (tertiary/aromatic N) is 1. The minimum Gasteiger partial charge on any atom is -0.348 e. The number of nitrogens with one attached hydrogen (secondary N) is 1. The maximum Gasteiger partial charge on any atom is 0.241 e. The first-order chi connectivity index (χ1) is 12.2. The molecule has 1 N–H and O–H groups in total. The van der Waals surface area contributed by atoms with Gasteiger partial charge in [-0.1, -0.05) is 54.9 Å². The number of halogens is 1. The number of hydrogen-bond acceptors (Lipinski definition) is 3. The zero-order valence-electron chi connectivity index (χ0n) is 15.1. The molecule has 7 heteroatoms. The minimum absolute atomic E-state index is 0.175. The van der Waals surface area contributed by atoms with Crippen LogP contribution in [0.1, 0.15) is 30.5 Å². The van der Waals surface area contributed by atoms with Crippen LogP contribution in [0.25, 0.3) is 0 Å². The van der Waals surface area contributed by atoms with E-state index in [1.54, 1.807) is 25.1 Å². The van der Waals surface area contributed by atoms with Crippen LogP contribution < -0.4 is 9.62 Å². The van der Waals surface area contributed by atoms with Crippen LogP contribution in [0.4, 0.5) is 5.69 Å². The lowest BCUT2D eigenvalue weighted by molar-refractivity contribution is -0.120. The molecule has 1 atom stereocenters. The van der Waals surface area contributed by atoms with Crippen LogP contribution in [0.2, 0.25) is 5.02 Å². The summed E-state index contributed by atoms with van der Waals surface area (Å²) in [5.74, 6) is -0.370. The third kappa shape index (κ3) is 5.22. The van der Waals surface area contributed by atoms with Crippen LogP contribution in [0.3, 0.4) is 0 Å². The molecule has 2 rings (SSSR count). The Hall–Kier alpha value is -2.05. The van der Waals surface area contributed by atoms with Crippen molar-refractivity contribution in [2.75, 3.05) is 17.1 Å². The third-order valence-corrected chi connectivity index (χ3v) is 5.43. The largest absolute Gasteiger partial charge is 0.348 e. The Morgan fingerprint density at radius 2 is 1.85 bits per heavy atom. The van der Waals surface area contributed by atoms with Gasteiger partial charge >= 0.3 is 0 Å². The smallest absolute Gasteiger partial charge is 0.241 e. The fourth-order valence-corrected chi connectivity index (χ4v) is 3.78. The van der Waals surface area contributed by atoms with Gasteiger partial charge in [-0.3, -0.25) is 9.10 Å². The molecule has 5 nitrogen and oxygen atoms in total. The number of carbonyl (C=O) groups excluding carboxylic acids is 1. The van der Waals surface area contributed by atoms with Gasteiger partial charge in [0.15, 0.2) is 0 Å². The molecule has 0 radical (unpaired) electrons. The standard InChI is InChI=1S/C19H23ClN2O3S/c1-4-17(15-8-6-5-7-9-15)21-19(23)13-22(26(3,24)25)18-12-16(20)11-10-14(18)2/h5-12,17H,4,13H2,1-3H3,(H,21,23)/t17-/m0/s1. The average Bonchev–Trinajstić information content (AvgIpc) is 2.59. The first-order valence-corrected chi connectivity index (χ1v) is 10.5. The highest BCUT2D eigenvalue weighted by Crippen LogP contribution is 2.26. The van der Waals surface area contributed by atoms with Gasteiger partial charge in [0.1, 0.15) is 6.54 Å². The maximum atomic E-state index is 12.6. The first-order valence-electron chi connectivity index (χ1n) is 8.30. The molecule has 0 bridgehead atoms. The van der Waals surface area contributed by atoms with Gasteiger partial charge in [0.25, 0.3) is 0 Å². The van der Waals surface area contributed by atoms with Gasteiger partial charge in [0.05, 0.1) is 18.0 Å². The number of carbonyl (C=O) groups is 1. The van der Waals surface area contributed by atoms with Crippen LogP contribution in [0.15, 0.2) is 48.5 Å². The number of aryl methyl sites for hydroxylation is 1. The second kappa shape index (κ2) is 8.56. The molecule has 2 aromatic rings. The van der Waals surface area contributed by atoms with E-state index in [0.717, 1.165) is 21.7 Å². The number of amides is 1. The molecule has 0 aliphatic heterocycles. The Bertz CT molecular complexity index is 870. The van der Waals surface area contributed by atoms with E-state index in [4.69, 9.17) is 11.6 Å². The summed E-state index contributed by atoms with van der Waals surface area (Å²) in [6, 6.07) is 14.4. The fourth-order valence-electron chi connectivity index (χ4n) is 2.71. The lowest BCUT2D eigenvalue weighted by atomic mass is 10.0. The fraction of sp³-hybridized carbons (Fsp3) is 0.316. The number of hydrogen-bond donors (Lipinski definition) is 1. The SMILES string of the molecule is CC[C@H](NC(=O)CN(c1cc(Cl)ccc1C)S(C)(=O)=O)c1ccccc1. The van der Waals surface area contributed by atoms with Crippen LogP contribution in [0, 0.1) is 6.92 Å². The first kappa shape index (κ1) is 20.3. The molecule has 2 aromatic carbocycles. The topological polar surface area (TPSA) is 66.5 Å². The van der Waals surface area contributed by atoms with E-state index in [0.29, 0.717) is 17.1 Å². The summed E-state index contributed by atoms with van der Waals surface area (Å²) in [4.78, 5) is 12.6. The van der Waals surface area contributed by atoms with Crippen molar-refractivity contribution in [2.45, 2.75) is 26.3 Å². The van der Waals surface area contributed by atoms with Gasteiger partial charge in [-0.15, -0.1) is 0 Å². The zero-order valence-corrected chi connectivity index (χ0v) is 16.6. The highest BCUT2D eigenvalue weighted by molar-refractivity contribution is 7.92. The van der Waals surface area contributed by atoms with E-state index in [-0.39, 0.29) is 18.5 Å². The summed E-state index contributed by atoms with van der Waals surface area (Å²) in [6.07, 6.45) is 1.78. The van der Waals surface area contributed by atoms with Gasteiger partial charge in [0, 0.05) is 5.02 Å². The van der Waals surface area contributed by atoms with Crippen molar-refractivity contribution in [3.05, 3.63) is 64.7 Å². The number of rotatable bonds is 7. The van der Waals surface area contributed by atoms with Gasteiger partial charge < -0.3 is 5.32 Å². The van der Waals surface area contributed by atoms with E-state index >= 15 is 0 Å². The molecule has 0 spiro atoms. The summed E-state index contributed by atoms with van der Waals surface area (Å²) < 4.78 is 25.6. The molecule has 26 heavy (non-hydrogen) atoms. The van der Waals surface area contributed by atoms with Gasteiger partial charge in [0.2, 0.25) is 15.9 Å². The predicted molar refractivity (Wildman–Crippen MR) is 106 cm³/mol. The highest BCUT2D eigenvalue weighted by atomic mass is 35.5. The van der Waals surface area contributed by atoms with Crippen molar-refractivity contribution in [1.29, 1.82) is 0 Å². The Morgan fingerprint density at radius 1 is 1.19 bits per heavy atom. The Labute approximate surface area is 160 Å². The van der Waals surface area contributed by atoms with Crippen molar-refractivity contribution in [2.24, 2.45) is 0 Å². The van der Waals surface area contributed by atoms with Crippen LogP contribution >= 0.6 is 11.6 Å². The molecule has 0 saturated carbocycles. The summed E-state index contributed by atoms with van der Waals surface area (Å²) in [5.41, 5.74) is 2.11. The lowest BCUT2D eigenvalue weighted by Crippen LogP contribution is -2.41. The molecule has 0 aliphatic carbocycles. The van der Waals surface area contributed by atoms with E-state index < -0.39 is 10.0 Å². The molecule has 0 aromatic heterocycles. The van der Waals surface area contributed by atoms with Crippen LogP contribution in [-0.2, 0) is 14.8 Å². The van der Waals surface area contributed by atoms with E-state index in [1.807, 2.05) is 37.3 Å². The Kier molecular flexibility index (Phi) is 6.67. The van der Waals surface area contributed by atoms with Gasteiger partial charge in [-0.2, -0.15) is 0 Å². The minimum atomic E-state index is -3.65. The van der Waals surface area contributed by atoms with Crippen LogP contribution in [-0.4, -0.2) is 27.1 Å². The molecule has 0 saturated heterocycles. The molecule has 1 amide bonds. The van der Waals surface area contributed by atoms with Crippen molar-refractivity contribution < 1.29 is 13.2 Å². The number of anilines is 1. The second-order valence-electron chi connectivity index (χ2n) is 6.14. The monoisotopic (exact) mass is 394 g/mol. The second-order valence-corrected chi connectivity index (χ2v) is 8.48. The molecule has 0 fully saturated rings. The lowest BCUT2D eigenvalue weighted by Gasteiger charge is -2.25. The van der Waals surface area contributed by atoms with Crippen molar-refractivity contribution in [3.8, 4) is 0 Å². The Morgan fingerprint density at radius 3 is 2.42 bits per heavy atom. The van der Waals surface area contributed by atoms with E-state index in [9.17, 15) is 13.2 Å². The molecular formula is C19H23ClN2O3S. The molecule has 0 aliphatic rings. The van der Waals surface area contributed by atoms with E-state index in [2.05, 4.69) is 5.32 Å². The summed E-state index contributed by atoms with van der Waals surface area (Å²) >= 11 is 6.01. The quantitative estimate of drug-likeness (QED) is 0.778. The average molecular weight is 395 g/mol. The van der Waals surface area contributed by atoms with Gasteiger partial charge in [-0.05, 0) is 36.6 Å². The predicted octanol–water partition coefficient (Wildman–Crippen LogP) is 3.68. The van der Waals surface area contributed by atoms with Crippen LogP contribution in [0.5, 0.6) is 0 Å². The summed E-state index contributed by atoms with van der Waals surface area (Å²) in [6.45, 7) is 3.44. The van der Waals surface area contributed by atoms with Crippen molar-refractivity contribution in [3.63, 3.8) is 0 Å². The third-order valence-electron chi connectivity index (χ3n) is 4.07. The van der Waals surface area contributed by atoms with Gasteiger partial charge in [-0.25, -0.2) is 8.42 Å². The van der Waals surface area contributed by atoms with E-state index in [1.165, 1.54) is 0 Å². The molecule has 0 unspecified atom stereocenters. The molecule has 0 heterocycles. The normalized spacial score (nSPS) is 12.5. The summed E-state index contributed by atoms with van der Waals surface area (Å²) in [5, 5.41) is 3.32. The Balaban J connectivity index is 2.23. The number of benzene rings is 2. The van der Waals surface area contributed by atoms with Crippen molar-refractivity contribution >= 4 is 33.2 Å². The highest BCUT2D eigenvalue weighted by Gasteiger charge is 2.24. The maximum absolute atomic E-state index is 12.6. The zero-order chi connectivity index (χ0) is 19.3. The van der Waals surface area contributed by atoms with Crippen molar-refractivity contribution in [1.82, 2.24) is 5.32 Å². The molecule has 140 valence electrons. The number of sulfonamides is 1. The summed E-state index contributed by atoms with van der Waals surface area (Å²) in [7, 11) is -3.65. The molecular weight excluding hydrogens is 372 g/mol.